The maximum Gasteiger partial charge on any atom is 0.435 e. The van der Waals surface area contributed by atoms with Crippen LogP contribution in [-0.4, -0.2) is 85.1 Å². The van der Waals surface area contributed by atoms with Crippen molar-refractivity contribution in [3.8, 4) is 11.5 Å². The molecule has 1 heterocycles. The first-order valence-electron chi connectivity index (χ1n) is 19.4. The molecule has 6 rings (SSSR count). The molecule has 1 saturated heterocycles. The van der Waals surface area contributed by atoms with Crippen LogP contribution in [0.5, 0.6) is 11.5 Å². The predicted octanol–water partition coefficient (Wildman–Crippen LogP) is 11.1. The van der Waals surface area contributed by atoms with Crippen molar-refractivity contribution in [3.63, 3.8) is 0 Å². The summed E-state index contributed by atoms with van der Waals surface area (Å²) in [6.45, 7) is 0.996. The van der Waals surface area contributed by atoms with Gasteiger partial charge in [0.15, 0.2) is 0 Å². The number of benzene rings is 2. The fraction of sp³-hybridized carbons (Fsp3) is 0.667. The minimum atomic E-state index is -6.76. The molecular formula is C39H46F9NO5S2. The third-order valence-corrected chi connectivity index (χ3v) is 14.5. The Morgan fingerprint density at radius 1 is 0.893 bits per heavy atom. The van der Waals surface area contributed by atoms with E-state index in [1.54, 1.807) is 50.8 Å². The van der Waals surface area contributed by atoms with Gasteiger partial charge >= 0.3 is 30.2 Å². The van der Waals surface area contributed by atoms with Crippen LogP contribution < -0.4 is 9.47 Å². The Hall–Kier alpha value is -2.50. The van der Waals surface area contributed by atoms with Crippen molar-refractivity contribution in [2.75, 3.05) is 37.9 Å². The van der Waals surface area contributed by atoms with E-state index in [1.165, 1.54) is 11.1 Å². The summed E-state index contributed by atoms with van der Waals surface area (Å²) in [5.41, 5.74) is -3.38. The van der Waals surface area contributed by atoms with Gasteiger partial charge in [0.05, 0.1) is 19.3 Å². The molecule has 0 radical (unpaired) electrons. The number of carbonyl (C=O) groups excluding carboxylic acids is 1. The minimum Gasteiger partial charge on any atom is -0.492 e. The third-order valence-electron chi connectivity index (χ3n) is 12.0. The molecule has 6 atom stereocenters. The molecule has 3 fully saturated rings. The van der Waals surface area contributed by atoms with Gasteiger partial charge in [-0.15, -0.1) is 0 Å². The second-order valence-electron chi connectivity index (χ2n) is 15.2. The van der Waals surface area contributed by atoms with E-state index < -0.39 is 43.3 Å². The van der Waals surface area contributed by atoms with Crippen LogP contribution in [0.15, 0.2) is 42.5 Å². The summed E-state index contributed by atoms with van der Waals surface area (Å²) < 4.78 is 148. The van der Waals surface area contributed by atoms with Gasteiger partial charge in [0.2, 0.25) is 0 Å². The van der Waals surface area contributed by atoms with Gasteiger partial charge in [-0.05, 0) is 122 Å². The minimum absolute atomic E-state index is 0.00106. The number of halogens is 9. The number of amides is 1. The highest BCUT2D eigenvalue weighted by atomic mass is 33.1. The van der Waals surface area contributed by atoms with Crippen LogP contribution >= 0.6 is 21.6 Å². The quantitative estimate of drug-likeness (QED) is 0.120. The summed E-state index contributed by atoms with van der Waals surface area (Å²) >= 11 is 0. The van der Waals surface area contributed by atoms with Crippen molar-refractivity contribution in [2.45, 2.75) is 107 Å². The molecule has 0 aromatic heterocycles. The highest BCUT2D eigenvalue weighted by molar-refractivity contribution is 8.76. The van der Waals surface area contributed by atoms with Crippen molar-refractivity contribution in [1.29, 1.82) is 0 Å². The lowest BCUT2D eigenvalue weighted by Gasteiger charge is -2.50. The van der Waals surface area contributed by atoms with Crippen LogP contribution in [0.3, 0.4) is 0 Å². The standard InChI is InChI=1S/C39H46F9NO5S2/c1-24-5-3-6-28(21-24)54-34(50)49(26-14-20-55-56-23-26)16-19-51-27-8-10-29-25(22-27)7-9-31-30(29)13-15-35(2)32(31)11-12-33(35)52-17-4-18-53-36(37(40,41)42,38(43,44)45)39(46,47)48/h3,5-6,8,10,21-22,26,30-33H,4,7,9,11-20,23H2,1-2H3/t26-,30+,31+,32-,33-,35-/m0/s1/i1D. The molecule has 0 N–H and O–H groups in total. The molecule has 56 heavy (non-hydrogen) atoms. The van der Waals surface area contributed by atoms with E-state index in [1.807, 2.05) is 6.07 Å². The van der Waals surface area contributed by atoms with Crippen LogP contribution in [0.4, 0.5) is 44.3 Å². The number of carbonyl (C=O) groups is 1. The van der Waals surface area contributed by atoms with Crippen LogP contribution in [0.25, 0.3) is 0 Å². The molecule has 2 aromatic carbocycles. The van der Waals surface area contributed by atoms with E-state index in [9.17, 15) is 44.3 Å². The summed E-state index contributed by atoms with van der Waals surface area (Å²) in [6, 6.07) is 13.1. The van der Waals surface area contributed by atoms with E-state index in [0.717, 1.165) is 55.6 Å². The van der Waals surface area contributed by atoms with Crippen LogP contribution in [0.1, 0.15) is 75.8 Å². The molecule has 0 spiro atoms. The molecule has 312 valence electrons. The SMILES string of the molecule is [2H]Cc1cccc(OC(=O)N(CCOc2ccc3c(c2)CC[C@@H]2[C@@H]3CC[C@]3(C)[C@@H](OCCCOC(C(F)(F)F)(C(F)(F)F)C(F)(F)F)CC[C@@H]23)[C@H]2CCSSC2)c1. The van der Waals surface area contributed by atoms with Gasteiger partial charge in [0.25, 0.3) is 0 Å². The van der Waals surface area contributed by atoms with Crippen molar-refractivity contribution >= 4 is 27.7 Å². The van der Waals surface area contributed by atoms with Crippen molar-refractivity contribution < 1.29 is 64.6 Å². The molecule has 2 aromatic rings. The Labute approximate surface area is 329 Å². The Morgan fingerprint density at radius 3 is 2.36 bits per heavy atom. The van der Waals surface area contributed by atoms with E-state index in [0.29, 0.717) is 30.4 Å². The fourth-order valence-corrected chi connectivity index (χ4v) is 11.8. The summed E-state index contributed by atoms with van der Waals surface area (Å²) in [4.78, 5) is 15.1. The number of aryl methyl sites for hydroxylation is 2. The molecular weight excluding hydrogens is 798 g/mol. The van der Waals surface area contributed by atoms with Gasteiger partial charge in [0.1, 0.15) is 18.1 Å². The highest BCUT2D eigenvalue weighted by Gasteiger charge is 2.85. The Balaban J connectivity index is 1.02. The molecule has 0 unspecified atom stereocenters. The zero-order chi connectivity index (χ0) is 41.2. The monoisotopic (exact) mass is 844 g/mol. The van der Waals surface area contributed by atoms with Gasteiger partial charge in [0, 0.05) is 25.5 Å². The molecule has 3 aliphatic carbocycles. The molecule has 4 aliphatic rings. The second-order valence-corrected chi connectivity index (χ2v) is 17.9. The summed E-state index contributed by atoms with van der Waals surface area (Å²) in [6.07, 6.45) is -16.0. The van der Waals surface area contributed by atoms with Crippen molar-refractivity contribution in [2.24, 2.45) is 17.3 Å². The third kappa shape index (κ3) is 8.75. The number of hydrogen-bond donors (Lipinski definition) is 0. The van der Waals surface area contributed by atoms with E-state index in [4.69, 9.17) is 15.6 Å². The number of alkyl halides is 9. The van der Waals surface area contributed by atoms with E-state index >= 15 is 0 Å². The lowest BCUT2D eigenvalue weighted by Crippen LogP contribution is -2.67. The summed E-state index contributed by atoms with van der Waals surface area (Å²) in [5.74, 6) is 3.67. The number of ether oxygens (including phenoxy) is 4. The fourth-order valence-electron chi connectivity index (χ4n) is 9.26. The average Bonchev–Trinajstić information content (AvgIpc) is 3.49. The first kappa shape index (κ1) is 41.7. The van der Waals surface area contributed by atoms with Crippen LogP contribution in [0.2, 0.25) is 0 Å². The zero-order valence-corrected chi connectivity index (χ0v) is 32.4. The maximum atomic E-state index is 13.4. The van der Waals surface area contributed by atoms with Gasteiger partial charge in [-0.2, -0.15) is 39.5 Å². The van der Waals surface area contributed by atoms with Crippen molar-refractivity contribution in [3.05, 3.63) is 59.2 Å². The van der Waals surface area contributed by atoms with Gasteiger partial charge < -0.3 is 23.8 Å². The zero-order valence-electron chi connectivity index (χ0n) is 31.7. The first-order valence-corrected chi connectivity index (χ1v) is 21.2. The van der Waals surface area contributed by atoms with Gasteiger partial charge in [-0.3, -0.25) is 0 Å². The molecule has 6 nitrogen and oxygen atoms in total. The lowest BCUT2D eigenvalue weighted by atomic mass is 9.55. The Morgan fingerprint density at radius 2 is 1.66 bits per heavy atom. The maximum absolute atomic E-state index is 13.4. The van der Waals surface area contributed by atoms with E-state index in [2.05, 4.69) is 23.8 Å². The number of rotatable bonds is 12. The molecule has 0 bridgehead atoms. The van der Waals surface area contributed by atoms with Gasteiger partial charge in [-0.25, -0.2) is 4.79 Å². The van der Waals surface area contributed by atoms with Crippen LogP contribution in [-0.2, 0) is 15.9 Å². The number of hydrogen-bond acceptors (Lipinski definition) is 7. The topological polar surface area (TPSA) is 57.2 Å². The molecule has 17 heteroatoms. The van der Waals surface area contributed by atoms with Gasteiger partial charge in [-0.1, -0.05) is 46.7 Å². The molecule has 1 aliphatic heterocycles. The Bertz CT molecular complexity index is 1660. The Kier molecular flexibility index (Phi) is 12.6. The van der Waals surface area contributed by atoms with E-state index in [-0.39, 0.29) is 49.5 Å². The average molecular weight is 845 g/mol. The smallest absolute Gasteiger partial charge is 0.435 e. The second kappa shape index (κ2) is 17.0. The summed E-state index contributed by atoms with van der Waals surface area (Å²) in [7, 11) is 3.50. The normalized spacial score (nSPS) is 27.1. The summed E-state index contributed by atoms with van der Waals surface area (Å²) in [5, 5.41) is 0. The molecule has 2 saturated carbocycles. The number of fused-ring (bicyclic) bond motifs is 5. The van der Waals surface area contributed by atoms with Crippen molar-refractivity contribution in [1.82, 2.24) is 4.90 Å². The van der Waals surface area contributed by atoms with Crippen LogP contribution in [0, 0.1) is 24.2 Å². The first-order chi connectivity index (χ1) is 26.9. The lowest BCUT2D eigenvalue weighted by molar-refractivity contribution is -0.457. The largest absolute Gasteiger partial charge is 0.492 e. The predicted molar refractivity (Wildman–Crippen MR) is 195 cm³/mol. The highest BCUT2D eigenvalue weighted by Crippen LogP contribution is 2.62. The number of nitrogens with zero attached hydrogens (tertiary/aromatic N) is 1. The molecule has 1 amide bonds.